The first kappa shape index (κ1) is 17.0. The first-order valence-electron chi connectivity index (χ1n) is 10.1. The fourth-order valence-electron chi connectivity index (χ4n) is 5.09. The van der Waals surface area contributed by atoms with E-state index < -0.39 is 0 Å². The van der Waals surface area contributed by atoms with E-state index in [9.17, 15) is 4.79 Å². The molecule has 2 saturated heterocycles. The number of carbonyl (C=O) groups is 1. The summed E-state index contributed by atoms with van der Waals surface area (Å²) in [6, 6.07) is 0.747. The molecule has 1 atom stereocenters. The average molecular weight is 345 g/mol. The lowest BCUT2D eigenvalue weighted by atomic mass is 9.91. The van der Waals surface area contributed by atoms with Crippen LogP contribution in [-0.2, 0) is 11.8 Å². The molecule has 6 heteroatoms. The van der Waals surface area contributed by atoms with Crippen LogP contribution in [0.3, 0.4) is 0 Å². The fourth-order valence-corrected chi connectivity index (χ4v) is 5.09. The molecule has 0 N–H and O–H groups in total. The summed E-state index contributed by atoms with van der Waals surface area (Å²) in [6.07, 6.45) is 11.5. The van der Waals surface area contributed by atoms with Crippen molar-refractivity contribution in [3.05, 3.63) is 12.2 Å². The van der Waals surface area contributed by atoms with Gasteiger partial charge in [-0.3, -0.25) is 9.69 Å². The Hall–Kier alpha value is -1.43. The maximum absolute atomic E-state index is 13.0. The van der Waals surface area contributed by atoms with Gasteiger partial charge in [-0.1, -0.05) is 12.8 Å². The molecule has 2 aliphatic heterocycles. The van der Waals surface area contributed by atoms with Gasteiger partial charge < -0.3 is 9.47 Å². The zero-order valence-corrected chi connectivity index (χ0v) is 15.4. The van der Waals surface area contributed by atoms with Crippen LogP contribution in [0, 0.1) is 5.92 Å². The third-order valence-electron chi connectivity index (χ3n) is 6.56. The molecule has 4 rings (SSSR count). The van der Waals surface area contributed by atoms with Gasteiger partial charge in [0.05, 0.1) is 5.92 Å². The number of aryl methyl sites for hydroxylation is 1. The number of aromatic nitrogens is 3. The Bertz CT molecular complexity index is 586. The second kappa shape index (κ2) is 7.44. The van der Waals surface area contributed by atoms with Crippen LogP contribution in [0.4, 0.5) is 0 Å². The maximum atomic E-state index is 13.0. The quantitative estimate of drug-likeness (QED) is 0.842. The molecule has 0 aromatic carbocycles. The summed E-state index contributed by atoms with van der Waals surface area (Å²) < 4.78 is 2.02. The second-order valence-electron chi connectivity index (χ2n) is 8.17. The molecule has 138 valence electrons. The zero-order chi connectivity index (χ0) is 17.2. The van der Waals surface area contributed by atoms with E-state index in [0.29, 0.717) is 11.8 Å². The van der Waals surface area contributed by atoms with Crippen LogP contribution in [0.1, 0.15) is 63.1 Å². The molecule has 1 unspecified atom stereocenters. The largest absolute Gasteiger partial charge is 0.342 e. The van der Waals surface area contributed by atoms with E-state index >= 15 is 0 Å². The van der Waals surface area contributed by atoms with E-state index in [1.165, 1.54) is 38.6 Å². The standard InChI is InChI=1S/C19H31N5O/c1-22-14-20-21-18(22)15-8-11-23(12-9-15)19(25)16-5-4-10-24(13-16)17-6-2-3-7-17/h14-17H,2-13H2,1H3. The van der Waals surface area contributed by atoms with E-state index in [-0.39, 0.29) is 5.92 Å². The van der Waals surface area contributed by atoms with Gasteiger partial charge in [0.1, 0.15) is 12.2 Å². The molecule has 1 aromatic rings. The predicted octanol–water partition coefficient (Wildman–Crippen LogP) is 2.18. The molecule has 1 aromatic heterocycles. The molecule has 1 aliphatic carbocycles. The topological polar surface area (TPSA) is 54.3 Å². The molecule has 1 saturated carbocycles. The highest BCUT2D eigenvalue weighted by molar-refractivity contribution is 5.79. The molecular weight excluding hydrogens is 314 g/mol. The molecule has 0 spiro atoms. The number of rotatable bonds is 3. The van der Waals surface area contributed by atoms with Crippen molar-refractivity contribution in [3.8, 4) is 0 Å². The molecule has 0 radical (unpaired) electrons. The molecule has 3 aliphatic rings. The third-order valence-corrected chi connectivity index (χ3v) is 6.56. The normalized spacial score (nSPS) is 27.1. The van der Waals surface area contributed by atoms with E-state index in [1.807, 2.05) is 11.6 Å². The van der Waals surface area contributed by atoms with Gasteiger partial charge in [-0.05, 0) is 45.1 Å². The lowest BCUT2D eigenvalue weighted by molar-refractivity contribution is -0.138. The van der Waals surface area contributed by atoms with Crippen molar-refractivity contribution in [1.82, 2.24) is 24.6 Å². The summed E-state index contributed by atoms with van der Waals surface area (Å²) >= 11 is 0. The van der Waals surface area contributed by atoms with Gasteiger partial charge in [-0.2, -0.15) is 0 Å². The van der Waals surface area contributed by atoms with Crippen LogP contribution in [-0.4, -0.2) is 62.7 Å². The molecule has 3 fully saturated rings. The van der Waals surface area contributed by atoms with Crippen molar-refractivity contribution in [3.63, 3.8) is 0 Å². The van der Waals surface area contributed by atoms with Crippen LogP contribution in [0.25, 0.3) is 0 Å². The summed E-state index contributed by atoms with van der Waals surface area (Å²) in [5, 5.41) is 8.25. The van der Waals surface area contributed by atoms with Crippen LogP contribution < -0.4 is 0 Å². The Balaban J connectivity index is 1.31. The number of hydrogen-bond acceptors (Lipinski definition) is 4. The van der Waals surface area contributed by atoms with Crippen molar-refractivity contribution in [2.75, 3.05) is 26.2 Å². The number of nitrogens with zero attached hydrogens (tertiary/aromatic N) is 5. The van der Waals surface area contributed by atoms with Crippen LogP contribution in [0.2, 0.25) is 0 Å². The smallest absolute Gasteiger partial charge is 0.226 e. The maximum Gasteiger partial charge on any atom is 0.226 e. The molecule has 3 heterocycles. The average Bonchev–Trinajstić information content (AvgIpc) is 3.33. The Kier molecular flexibility index (Phi) is 5.06. The molecule has 25 heavy (non-hydrogen) atoms. The minimum atomic E-state index is 0.223. The summed E-state index contributed by atoms with van der Waals surface area (Å²) in [5.74, 6) is 2.13. The van der Waals surface area contributed by atoms with Gasteiger partial charge in [0.25, 0.3) is 0 Å². The highest BCUT2D eigenvalue weighted by Crippen LogP contribution is 2.31. The summed E-state index contributed by atoms with van der Waals surface area (Å²) in [7, 11) is 2.01. The SMILES string of the molecule is Cn1cnnc1C1CCN(C(=O)C2CCCN(C3CCCC3)C2)CC1. The Morgan fingerprint density at radius 2 is 1.80 bits per heavy atom. The minimum absolute atomic E-state index is 0.223. The van der Waals surface area contributed by atoms with Gasteiger partial charge in [-0.25, -0.2) is 0 Å². The highest BCUT2D eigenvalue weighted by atomic mass is 16.2. The summed E-state index contributed by atoms with van der Waals surface area (Å²) in [5.41, 5.74) is 0. The Morgan fingerprint density at radius 3 is 2.48 bits per heavy atom. The highest BCUT2D eigenvalue weighted by Gasteiger charge is 2.34. The zero-order valence-electron chi connectivity index (χ0n) is 15.4. The summed E-state index contributed by atoms with van der Waals surface area (Å²) in [4.78, 5) is 17.8. The van der Waals surface area contributed by atoms with E-state index in [0.717, 1.165) is 50.8 Å². The van der Waals surface area contributed by atoms with Crippen molar-refractivity contribution >= 4 is 5.91 Å². The minimum Gasteiger partial charge on any atom is -0.342 e. The summed E-state index contributed by atoms with van der Waals surface area (Å²) in [6.45, 7) is 3.93. The van der Waals surface area contributed by atoms with Crippen molar-refractivity contribution in [2.24, 2.45) is 13.0 Å². The lowest BCUT2D eigenvalue weighted by Crippen LogP contribution is -2.49. The molecule has 6 nitrogen and oxygen atoms in total. The van der Waals surface area contributed by atoms with Crippen molar-refractivity contribution in [1.29, 1.82) is 0 Å². The fraction of sp³-hybridized carbons (Fsp3) is 0.842. The second-order valence-corrected chi connectivity index (χ2v) is 8.17. The number of hydrogen-bond donors (Lipinski definition) is 0. The first-order chi connectivity index (χ1) is 12.2. The van der Waals surface area contributed by atoms with E-state index in [1.54, 1.807) is 6.33 Å². The van der Waals surface area contributed by atoms with Crippen LogP contribution >= 0.6 is 0 Å². The van der Waals surface area contributed by atoms with Crippen LogP contribution in [0.15, 0.2) is 6.33 Å². The third kappa shape index (κ3) is 3.59. The van der Waals surface area contributed by atoms with Gasteiger partial charge in [-0.15, -0.1) is 10.2 Å². The molecular formula is C19H31N5O. The molecule has 1 amide bonds. The van der Waals surface area contributed by atoms with Gasteiger partial charge in [0.15, 0.2) is 0 Å². The first-order valence-corrected chi connectivity index (χ1v) is 10.1. The van der Waals surface area contributed by atoms with Crippen molar-refractivity contribution in [2.45, 2.75) is 63.3 Å². The van der Waals surface area contributed by atoms with Gasteiger partial charge >= 0.3 is 0 Å². The monoisotopic (exact) mass is 345 g/mol. The Morgan fingerprint density at radius 1 is 1.04 bits per heavy atom. The van der Waals surface area contributed by atoms with Crippen LogP contribution in [0.5, 0.6) is 0 Å². The Labute approximate surface area is 150 Å². The number of likely N-dealkylation sites (tertiary alicyclic amines) is 2. The number of amides is 1. The van der Waals surface area contributed by atoms with Crippen molar-refractivity contribution < 1.29 is 4.79 Å². The van der Waals surface area contributed by atoms with Gasteiger partial charge in [0.2, 0.25) is 5.91 Å². The number of piperidine rings is 2. The van der Waals surface area contributed by atoms with Gasteiger partial charge in [0, 0.05) is 38.6 Å². The molecule has 0 bridgehead atoms. The number of carbonyl (C=O) groups excluding carboxylic acids is 1. The lowest BCUT2D eigenvalue weighted by Gasteiger charge is -2.39. The van der Waals surface area contributed by atoms with E-state index in [2.05, 4.69) is 20.0 Å². The van der Waals surface area contributed by atoms with E-state index in [4.69, 9.17) is 0 Å². The predicted molar refractivity (Wildman–Crippen MR) is 96.1 cm³/mol.